The molecule has 36 heavy (non-hydrogen) atoms. The maximum atomic E-state index is 13.2. The van der Waals surface area contributed by atoms with Crippen molar-refractivity contribution in [3.8, 4) is 5.69 Å². The smallest absolute Gasteiger partial charge is 0.337 e. The molecular weight excluding hydrogens is 460 g/mol. The zero-order chi connectivity index (χ0) is 25.1. The lowest BCUT2D eigenvalue weighted by Gasteiger charge is -2.11. The number of nitrogens with zero attached hydrogens (tertiary/aromatic N) is 7. The predicted molar refractivity (Wildman–Crippen MR) is 131 cm³/mol. The van der Waals surface area contributed by atoms with Crippen molar-refractivity contribution >= 4 is 22.8 Å². The largest absolute Gasteiger partial charge is 0.478 e. The highest BCUT2D eigenvalue weighted by atomic mass is 16.4. The molecule has 0 aliphatic rings. The predicted octanol–water partition coefficient (Wildman–Crippen LogP) is 2.55. The van der Waals surface area contributed by atoms with Crippen molar-refractivity contribution in [2.24, 2.45) is 0 Å². The van der Waals surface area contributed by atoms with Gasteiger partial charge in [0.25, 0.3) is 5.91 Å². The van der Waals surface area contributed by atoms with Gasteiger partial charge in [-0.15, -0.1) is 5.10 Å². The number of para-hydroxylation sites is 1. The van der Waals surface area contributed by atoms with E-state index in [1.54, 1.807) is 12.4 Å². The standard InChI is InChI=1S/C25H24N8O3/c1-2-23-27-7-9-31(23)10-8-28-24(34)22-12-17-5-3-4-6-21(17)32(22)15-19-16-33(30-29-19)20-11-18(25(35)36)13-26-14-20/h3-7,9,11-14,16H,2,8,10,15H2,1H3,(H,28,34)(H,35,36). The van der Waals surface area contributed by atoms with Crippen LogP contribution in [0.2, 0.25) is 0 Å². The van der Waals surface area contributed by atoms with E-state index >= 15 is 0 Å². The van der Waals surface area contributed by atoms with Crippen LogP contribution in [-0.4, -0.2) is 57.6 Å². The maximum Gasteiger partial charge on any atom is 0.337 e. The van der Waals surface area contributed by atoms with Crippen LogP contribution in [0.1, 0.15) is 39.3 Å². The fourth-order valence-electron chi connectivity index (χ4n) is 4.14. The Balaban J connectivity index is 1.38. The van der Waals surface area contributed by atoms with Crippen molar-refractivity contribution in [2.45, 2.75) is 26.4 Å². The summed E-state index contributed by atoms with van der Waals surface area (Å²) in [6, 6.07) is 11.1. The third kappa shape index (κ3) is 4.58. The van der Waals surface area contributed by atoms with Crippen LogP contribution in [0.3, 0.4) is 0 Å². The normalized spacial score (nSPS) is 11.1. The number of aryl methyl sites for hydroxylation is 1. The summed E-state index contributed by atoms with van der Waals surface area (Å²) in [7, 11) is 0. The molecule has 0 aliphatic carbocycles. The van der Waals surface area contributed by atoms with Crippen LogP contribution in [0.25, 0.3) is 16.6 Å². The molecule has 2 N–H and O–H groups in total. The number of carbonyl (C=O) groups is 2. The number of aromatic carboxylic acids is 1. The fraction of sp³-hybridized carbons (Fsp3) is 0.200. The molecule has 0 fully saturated rings. The van der Waals surface area contributed by atoms with Gasteiger partial charge in [0.2, 0.25) is 0 Å². The Bertz CT molecular complexity index is 1550. The van der Waals surface area contributed by atoms with Gasteiger partial charge in [0.05, 0.1) is 30.2 Å². The van der Waals surface area contributed by atoms with E-state index in [1.165, 1.54) is 23.1 Å². The number of nitrogens with one attached hydrogen (secondary N) is 1. The van der Waals surface area contributed by atoms with Crippen molar-refractivity contribution in [2.75, 3.05) is 6.54 Å². The molecule has 0 bridgehead atoms. The second-order valence-corrected chi connectivity index (χ2v) is 8.21. The Kier molecular flexibility index (Phi) is 6.27. The zero-order valence-electron chi connectivity index (χ0n) is 19.6. The zero-order valence-corrected chi connectivity index (χ0v) is 19.6. The molecule has 1 aromatic carbocycles. The molecule has 0 spiro atoms. The first-order valence-corrected chi connectivity index (χ1v) is 11.5. The number of hydrogen-bond acceptors (Lipinski definition) is 6. The van der Waals surface area contributed by atoms with Gasteiger partial charge in [-0.05, 0) is 18.2 Å². The van der Waals surface area contributed by atoms with E-state index in [9.17, 15) is 14.7 Å². The summed E-state index contributed by atoms with van der Waals surface area (Å²) < 4.78 is 5.40. The molecule has 11 nitrogen and oxygen atoms in total. The van der Waals surface area contributed by atoms with Crippen LogP contribution >= 0.6 is 0 Å². The third-order valence-electron chi connectivity index (χ3n) is 5.90. The van der Waals surface area contributed by atoms with Gasteiger partial charge in [-0.1, -0.05) is 30.3 Å². The summed E-state index contributed by atoms with van der Waals surface area (Å²) in [6.45, 7) is 3.45. The third-order valence-corrected chi connectivity index (χ3v) is 5.90. The van der Waals surface area contributed by atoms with Crippen molar-refractivity contribution in [1.82, 2.24) is 39.4 Å². The Morgan fingerprint density at radius 2 is 2.00 bits per heavy atom. The molecule has 0 radical (unpaired) electrons. The van der Waals surface area contributed by atoms with Crippen LogP contribution in [0.4, 0.5) is 0 Å². The van der Waals surface area contributed by atoms with Crippen LogP contribution in [-0.2, 0) is 19.5 Å². The Labute approximate surface area is 206 Å². The number of pyridine rings is 1. The number of amides is 1. The molecule has 5 rings (SSSR count). The summed E-state index contributed by atoms with van der Waals surface area (Å²) in [4.78, 5) is 32.7. The van der Waals surface area contributed by atoms with E-state index in [0.29, 0.717) is 36.7 Å². The van der Waals surface area contributed by atoms with Gasteiger partial charge in [-0.3, -0.25) is 9.78 Å². The average molecular weight is 485 g/mol. The number of imidazole rings is 1. The molecule has 4 aromatic heterocycles. The van der Waals surface area contributed by atoms with Crippen molar-refractivity contribution in [3.63, 3.8) is 0 Å². The van der Waals surface area contributed by atoms with Gasteiger partial charge in [0.1, 0.15) is 17.2 Å². The molecule has 0 unspecified atom stereocenters. The summed E-state index contributed by atoms with van der Waals surface area (Å²) in [6.07, 6.45) is 8.99. The van der Waals surface area contributed by atoms with Crippen molar-refractivity contribution < 1.29 is 14.7 Å². The Morgan fingerprint density at radius 1 is 1.14 bits per heavy atom. The van der Waals surface area contributed by atoms with Gasteiger partial charge >= 0.3 is 5.97 Å². The van der Waals surface area contributed by atoms with Crippen molar-refractivity contribution in [3.05, 3.63) is 90.2 Å². The molecule has 11 heteroatoms. The molecule has 0 aliphatic heterocycles. The number of fused-ring (bicyclic) bond motifs is 1. The summed E-state index contributed by atoms with van der Waals surface area (Å²) in [5, 5.41) is 21.5. The highest BCUT2D eigenvalue weighted by Gasteiger charge is 2.17. The first kappa shape index (κ1) is 23.0. The summed E-state index contributed by atoms with van der Waals surface area (Å²) >= 11 is 0. The van der Waals surface area contributed by atoms with Crippen LogP contribution < -0.4 is 5.32 Å². The van der Waals surface area contributed by atoms with Gasteiger partial charge < -0.3 is 19.6 Å². The van der Waals surface area contributed by atoms with E-state index < -0.39 is 5.97 Å². The molecule has 0 atom stereocenters. The number of aromatic nitrogens is 7. The van der Waals surface area contributed by atoms with Crippen LogP contribution in [0.15, 0.2) is 67.4 Å². The summed E-state index contributed by atoms with van der Waals surface area (Å²) in [5.74, 6) is -0.279. The quantitative estimate of drug-likeness (QED) is 0.328. The minimum absolute atomic E-state index is 0.0571. The van der Waals surface area contributed by atoms with Gasteiger partial charge in [0.15, 0.2) is 0 Å². The van der Waals surface area contributed by atoms with E-state index in [0.717, 1.165) is 23.1 Å². The second kappa shape index (κ2) is 9.82. The van der Waals surface area contributed by atoms with E-state index in [-0.39, 0.29) is 11.5 Å². The Hall–Kier alpha value is -4.80. The number of rotatable bonds is 9. The lowest BCUT2D eigenvalue weighted by molar-refractivity contribution is 0.0696. The minimum Gasteiger partial charge on any atom is -0.478 e. The number of hydrogen-bond donors (Lipinski definition) is 2. The number of carboxylic acids is 1. The number of carboxylic acid groups (broad SMARTS) is 1. The molecule has 1 amide bonds. The molecule has 0 saturated heterocycles. The van der Waals surface area contributed by atoms with E-state index in [2.05, 4.69) is 25.6 Å². The second-order valence-electron chi connectivity index (χ2n) is 8.21. The van der Waals surface area contributed by atoms with Crippen molar-refractivity contribution in [1.29, 1.82) is 0 Å². The average Bonchev–Trinajstić information content (AvgIpc) is 3.63. The molecule has 0 saturated carbocycles. The minimum atomic E-state index is -1.07. The molecule has 4 heterocycles. The topological polar surface area (TPSA) is 133 Å². The molecule has 182 valence electrons. The monoisotopic (exact) mass is 484 g/mol. The Morgan fingerprint density at radius 3 is 2.83 bits per heavy atom. The van der Waals surface area contributed by atoms with Crippen LogP contribution in [0.5, 0.6) is 0 Å². The molecule has 5 aromatic rings. The van der Waals surface area contributed by atoms with E-state index in [1.807, 2.05) is 52.6 Å². The lowest BCUT2D eigenvalue weighted by atomic mass is 10.2. The SMILES string of the molecule is CCc1nccn1CCNC(=O)c1cc2ccccc2n1Cc1cn(-c2cncc(C(=O)O)c2)nn1. The first-order chi connectivity index (χ1) is 17.5. The summed E-state index contributed by atoms with van der Waals surface area (Å²) in [5.41, 5.74) is 2.56. The van der Waals surface area contributed by atoms with Gasteiger partial charge in [-0.2, -0.15) is 0 Å². The number of benzene rings is 1. The lowest BCUT2D eigenvalue weighted by Crippen LogP contribution is -2.29. The fourth-order valence-corrected chi connectivity index (χ4v) is 4.14. The van der Waals surface area contributed by atoms with Crippen LogP contribution in [0, 0.1) is 0 Å². The number of carbonyl (C=O) groups excluding carboxylic acids is 1. The first-order valence-electron chi connectivity index (χ1n) is 11.5. The highest BCUT2D eigenvalue weighted by molar-refractivity contribution is 5.98. The van der Waals surface area contributed by atoms with Gasteiger partial charge in [-0.25, -0.2) is 14.5 Å². The highest BCUT2D eigenvalue weighted by Crippen LogP contribution is 2.21. The maximum absolute atomic E-state index is 13.2. The van der Waals surface area contributed by atoms with Gasteiger partial charge in [0, 0.05) is 49.0 Å². The van der Waals surface area contributed by atoms with E-state index in [4.69, 9.17) is 0 Å². The molecular formula is C25H24N8O3.